The van der Waals surface area contributed by atoms with Crippen molar-refractivity contribution in [2.45, 2.75) is 38.6 Å². The highest BCUT2D eigenvalue weighted by atomic mass is 35.5. The van der Waals surface area contributed by atoms with E-state index in [0.29, 0.717) is 31.8 Å². The predicted octanol–water partition coefficient (Wildman–Crippen LogP) is 1.75. The Kier molecular flexibility index (Phi) is 5.83. The second-order valence-corrected chi connectivity index (χ2v) is 8.83. The van der Waals surface area contributed by atoms with Crippen molar-refractivity contribution in [3.63, 3.8) is 0 Å². The smallest absolute Gasteiger partial charge is 0.274 e. The molecule has 1 aliphatic heterocycles. The van der Waals surface area contributed by atoms with Gasteiger partial charge in [0, 0.05) is 32.1 Å². The zero-order valence-corrected chi connectivity index (χ0v) is 15.9. The van der Waals surface area contributed by atoms with E-state index in [2.05, 4.69) is 9.97 Å². The number of nitrogens with zero attached hydrogens (tertiary/aromatic N) is 4. The summed E-state index contributed by atoms with van der Waals surface area (Å²) in [7, 11) is -1.65. The topological polar surface area (TPSA) is 83.5 Å². The molecular formula is C15H23ClN4O3S. The van der Waals surface area contributed by atoms with E-state index in [1.165, 1.54) is 16.8 Å². The van der Waals surface area contributed by atoms with Crippen LogP contribution in [-0.4, -0.2) is 65.9 Å². The normalized spacial score (nSPS) is 16.9. The molecule has 0 unspecified atom stereocenters. The number of halogens is 1. The first-order valence-corrected chi connectivity index (χ1v) is 10.1. The number of hydrogen-bond acceptors (Lipinski definition) is 5. The lowest BCUT2D eigenvalue weighted by molar-refractivity contribution is 0.0680. The van der Waals surface area contributed by atoms with E-state index in [4.69, 9.17) is 11.6 Å². The number of carbonyl (C=O) groups excluding carboxylic acids is 1. The van der Waals surface area contributed by atoms with Gasteiger partial charge in [-0.2, -0.15) is 0 Å². The lowest BCUT2D eigenvalue weighted by Gasteiger charge is -2.35. The second-order valence-electron chi connectivity index (χ2n) is 6.38. The van der Waals surface area contributed by atoms with Crippen LogP contribution in [0.3, 0.4) is 0 Å². The summed E-state index contributed by atoms with van der Waals surface area (Å²) in [6.45, 7) is 4.84. The van der Waals surface area contributed by atoms with Crippen LogP contribution in [0.4, 0.5) is 0 Å². The minimum atomic E-state index is -3.23. The molecule has 0 aliphatic carbocycles. The molecule has 24 heavy (non-hydrogen) atoms. The van der Waals surface area contributed by atoms with Gasteiger partial charge in [0.05, 0.1) is 17.5 Å². The molecule has 0 aromatic carbocycles. The van der Waals surface area contributed by atoms with Gasteiger partial charge in [0.1, 0.15) is 5.82 Å². The quantitative estimate of drug-likeness (QED) is 0.801. The van der Waals surface area contributed by atoms with Crippen LogP contribution in [0.25, 0.3) is 0 Å². The minimum Gasteiger partial charge on any atom is -0.337 e. The monoisotopic (exact) mass is 374 g/mol. The summed E-state index contributed by atoms with van der Waals surface area (Å²) in [6.07, 6.45) is 3.84. The predicted molar refractivity (Wildman–Crippen MR) is 92.7 cm³/mol. The van der Waals surface area contributed by atoms with Crippen molar-refractivity contribution >= 4 is 27.5 Å². The largest absolute Gasteiger partial charge is 0.337 e. The van der Waals surface area contributed by atoms with Crippen molar-refractivity contribution in [1.82, 2.24) is 19.2 Å². The van der Waals surface area contributed by atoms with Gasteiger partial charge < -0.3 is 4.90 Å². The molecule has 0 bridgehead atoms. The van der Waals surface area contributed by atoms with Crippen LogP contribution in [0.5, 0.6) is 0 Å². The molecule has 1 fully saturated rings. The molecule has 1 amide bonds. The highest BCUT2D eigenvalue weighted by Crippen LogP contribution is 2.22. The molecule has 1 aromatic rings. The first-order chi connectivity index (χ1) is 11.1. The number of hydrogen-bond donors (Lipinski definition) is 0. The molecule has 1 saturated heterocycles. The van der Waals surface area contributed by atoms with Gasteiger partial charge in [-0.15, -0.1) is 0 Å². The minimum absolute atomic E-state index is 0.0869. The summed E-state index contributed by atoms with van der Waals surface area (Å²) < 4.78 is 24.6. The van der Waals surface area contributed by atoms with Gasteiger partial charge in [-0.05, 0) is 12.8 Å². The molecule has 0 spiro atoms. The molecule has 0 radical (unpaired) electrons. The van der Waals surface area contributed by atoms with Gasteiger partial charge >= 0.3 is 0 Å². The molecule has 1 aromatic heterocycles. The van der Waals surface area contributed by atoms with Crippen LogP contribution in [0.1, 0.15) is 48.9 Å². The van der Waals surface area contributed by atoms with Crippen molar-refractivity contribution in [3.8, 4) is 0 Å². The van der Waals surface area contributed by atoms with Crippen molar-refractivity contribution in [2.24, 2.45) is 0 Å². The Hall–Kier alpha value is -1.25. The second kappa shape index (κ2) is 7.33. The number of aromatic nitrogens is 2. The zero-order valence-electron chi connectivity index (χ0n) is 14.4. The third kappa shape index (κ3) is 4.23. The number of carbonyl (C=O) groups is 1. The third-order valence-corrected chi connectivity index (χ3v) is 5.89. The standard InChI is InChI=1S/C15H23ClN4O3S/c1-10(2)14-17-9-12(16)13(18-14)15(21)20-7-5-11(6-8-20)19(3)24(4,22)23/h9-11H,5-8H2,1-4H3. The number of sulfonamides is 1. The average Bonchev–Trinajstić information content (AvgIpc) is 2.53. The van der Waals surface area contributed by atoms with Crippen LogP contribution < -0.4 is 0 Å². The molecule has 2 rings (SSSR count). The van der Waals surface area contributed by atoms with Crippen LogP contribution in [0.2, 0.25) is 5.02 Å². The molecule has 134 valence electrons. The van der Waals surface area contributed by atoms with E-state index >= 15 is 0 Å². The summed E-state index contributed by atoms with van der Waals surface area (Å²) >= 11 is 6.09. The number of amides is 1. The van der Waals surface area contributed by atoms with Gasteiger partial charge in [0.15, 0.2) is 5.69 Å². The van der Waals surface area contributed by atoms with Crippen LogP contribution >= 0.6 is 11.6 Å². The first kappa shape index (κ1) is 19.1. The highest BCUT2D eigenvalue weighted by molar-refractivity contribution is 7.88. The number of piperidine rings is 1. The Morgan fingerprint density at radius 3 is 2.46 bits per heavy atom. The van der Waals surface area contributed by atoms with Gasteiger partial charge in [0.25, 0.3) is 5.91 Å². The van der Waals surface area contributed by atoms with Gasteiger partial charge in [-0.3, -0.25) is 4.79 Å². The fourth-order valence-corrected chi connectivity index (χ4v) is 3.59. The molecule has 0 saturated carbocycles. The summed E-state index contributed by atoms with van der Waals surface area (Å²) in [5.41, 5.74) is 0.213. The Labute approximate surface area is 148 Å². The summed E-state index contributed by atoms with van der Waals surface area (Å²) in [5, 5.41) is 0.236. The fourth-order valence-electron chi connectivity index (χ4n) is 2.66. The van der Waals surface area contributed by atoms with E-state index < -0.39 is 10.0 Å². The first-order valence-electron chi connectivity index (χ1n) is 7.86. The van der Waals surface area contributed by atoms with Crippen molar-refractivity contribution in [2.75, 3.05) is 26.4 Å². The van der Waals surface area contributed by atoms with Gasteiger partial charge in [-0.25, -0.2) is 22.7 Å². The Morgan fingerprint density at radius 2 is 1.96 bits per heavy atom. The Morgan fingerprint density at radius 1 is 1.38 bits per heavy atom. The van der Waals surface area contributed by atoms with E-state index in [-0.39, 0.29) is 28.6 Å². The summed E-state index contributed by atoms with van der Waals surface area (Å²) in [5.74, 6) is 0.446. The van der Waals surface area contributed by atoms with E-state index in [9.17, 15) is 13.2 Å². The van der Waals surface area contributed by atoms with E-state index in [0.717, 1.165) is 0 Å². The van der Waals surface area contributed by atoms with Crippen molar-refractivity contribution in [1.29, 1.82) is 0 Å². The molecule has 7 nitrogen and oxygen atoms in total. The van der Waals surface area contributed by atoms with Crippen molar-refractivity contribution in [3.05, 3.63) is 22.7 Å². The Bertz CT molecular complexity index is 715. The molecule has 9 heteroatoms. The number of rotatable bonds is 4. The maximum atomic E-state index is 12.7. The lowest BCUT2D eigenvalue weighted by Crippen LogP contribution is -2.47. The van der Waals surface area contributed by atoms with E-state index in [1.807, 2.05) is 13.8 Å². The summed E-state index contributed by atoms with van der Waals surface area (Å²) in [6, 6.07) is -0.0869. The lowest BCUT2D eigenvalue weighted by atomic mass is 10.0. The average molecular weight is 375 g/mol. The maximum absolute atomic E-state index is 12.7. The van der Waals surface area contributed by atoms with Crippen molar-refractivity contribution < 1.29 is 13.2 Å². The summed E-state index contributed by atoms with van der Waals surface area (Å²) in [4.78, 5) is 22.8. The molecular weight excluding hydrogens is 352 g/mol. The number of likely N-dealkylation sites (tertiary alicyclic amines) is 1. The SMILES string of the molecule is CC(C)c1ncc(Cl)c(C(=O)N2CCC(N(C)S(C)(=O)=O)CC2)n1. The van der Waals surface area contributed by atoms with Gasteiger partial charge in [-0.1, -0.05) is 25.4 Å². The maximum Gasteiger partial charge on any atom is 0.274 e. The van der Waals surface area contributed by atoms with Gasteiger partial charge in [0.2, 0.25) is 10.0 Å². The van der Waals surface area contributed by atoms with E-state index in [1.54, 1.807) is 11.9 Å². The molecule has 0 atom stereocenters. The Balaban J connectivity index is 2.10. The fraction of sp³-hybridized carbons (Fsp3) is 0.667. The molecule has 0 N–H and O–H groups in total. The zero-order chi connectivity index (χ0) is 18.1. The molecule has 1 aliphatic rings. The highest BCUT2D eigenvalue weighted by Gasteiger charge is 2.30. The molecule has 2 heterocycles. The van der Waals surface area contributed by atoms with Crippen LogP contribution in [0.15, 0.2) is 6.20 Å². The van der Waals surface area contributed by atoms with Crippen LogP contribution in [0, 0.1) is 0 Å². The van der Waals surface area contributed by atoms with Crippen LogP contribution in [-0.2, 0) is 10.0 Å². The third-order valence-electron chi connectivity index (χ3n) is 4.27.